The van der Waals surface area contributed by atoms with E-state index in [4.69, 9.17) is 0 Å². The van der Waals surface area contributed by atoms with Gasteiger partial charge in [-0.1, -0.05) is 35.9 Å². The lowest BCUT2D eigenvalue weighted by Gasteiger charge is -2.27. The first kappa shape index (κ1) is 17.2. The molecular formula is C19H18N2O3S. The van der Waals surface area contributed by atoms with Crippen molar-refractivity contribution >= 4 is 40.2 Å². The predicted molar refractivity (Wildman–Crippen MR) is 99.8 cm³/mol. The molecule has 0 aromatic heterocycles. The zero-order valence-electron chi connectivity index (χ0n) is 14.2. The summed E-state index contributed by atoms with van der Waals surface area (Å²) in [5.74, 6) is -0.684. The van der Waals surface area contributed by atoms with Gasteiger partial charge in [-0.15, -0.1) is 0 Å². The molecule has 1 aliphatic rings. The van der Waals surface area contributed by atoms with Gasteiger partial charge < -0.3 is 0 Å². The number of rotatable bonds is 3. The second-order valence-electron chi connectivity index (χ2n) is 5.92. The Morgan fingerprint density at radius 1 is 1.04 bits per heavy atom. The molecule has 128 valence electrons. The molecule has 1 heterocycles. The van der Waals surface area contributed by atoms with Gasteiger partial charge in [0.2, 0.25) is 5.91 Å². The standard InChI is InChI=1S/C19H18N2O3S/c1-12-8-10-15(11-9-12)21-17(23)18(25-19(21)24)20(14(3)22)16-7-5-4-6-13(16)2/h4-11,18H,1-3H3/t18-/m0/s1. The van der Waals surface area contributed by atoms with Crippen LogP contribution in [-0.2, 0) is 9.59 Å². The van der Waals surface area contributed by atoms with Gasteiger partial charge in [-0.3, -0.25) is 19.3 Å². The smallest absolute Gasteiger partial charge is 0.290 e. The number of hydrogen-bond donors (Lipinski definition) is 0. The number of thioether (sulfide) groups is 1. The number of anilines is 2. The molecule has 1 atom stereocenters. The zero-order valence-corrected chi connectivity index (χ0v) is 15.0. The SMILES string of the molecule is CC(=O)N(c1ccccc1C)[C@H]1SC(=O)N(c2ccc(C)cc2)C1=O. The average Bonchev–Trinajstić information content (AvgIpc) is 2.85. The van der Waals surface area contributed by atoms with Crippen LogP contribution in [0.4, 0.5) is 16.2 Å². The Bertz CT molecular complexity index is 848. The number of nitrogens with zero attached hydrogens (tertiary/aromatic N) is 2. The highest BCUT2D eigenvalue weighted by Crippen LogP contribution is 2.36. The van der Waals surface area contributed by atoms with Crippen molar-refractivity contribution in [2.75, 3.05) is 9.80 Å². The van der Waals surface area contributed by atoms with Crippen molar-refractivity contribution in [1.82, 2.24) is 0 Å². The van der Waals surface area contributed by atoms with Crippen molar-refractivity contribution in [3.8, 4) is 0 Å². The summed E-state index contributed by atoms with van der Waals surface area (Å²) in [6.07, 6.45) is 0. The normalized spacial score (nSPS) is 17.1. The lowest BCUT2D eigenvalue weighted by atomic mass is 10.1. The number of hydrogen-bond acceptors (Lipinski definition) is 4. The molecule has 0 radical (unpaired) electrons. The molecule has 2 aromatic carbocycles. The van der Waals surface area contributed by atoms with Crippen molar-refractivity contribution < 1.29 is 14.4 Å². The summed E-state index contributed by atoms with van der Waals surface area (Å²) in [6, 6.07) is 14.5. The van der Waals surface area contributed by atoms with Crippen LogP contribution in [0.1, 0.15) is 18.1 Å². The molecule has 1 fully saturated rings. The van der Waals surface area contributed by atoms with Gasteiger partial charge in [0, 0.05) is 12.6 Å². The molecule has 5 nitrogen and oxygen atoms in total. The topological polar surface area (TPSA) is 57.7 Å². The molecule has 3 amide bonds. The van der Waals surface area contributed by atoms with E-state index in [1.54, 1.807) is 18.2 Å². The maximum Gasteiger partial charge on any atom is 0.295 e. The molecule has 6 heteroatoms. The fraction of sp³-hybridized carbons (Fsp3) is 0.211. The fourth-order valence-electron chi connectivity index (χ4n) is 2.78. The third kappa shape index (κ3) is 3.17. The Morgan fingerprint density at radius 2 is 1.68 bits per heavy atom. The lowest BCUT2D eigenvalue weighted by Crippen LogP contribution is -2.44. The molecule has 1 aliphatic heterocycles. The molecule has 2 aromatic rings. The van der Waals surface area contributed by atoms with Crippen molar-refractivity contribution in [3.05, 3.63) is 59.7 Å². The number of carbonyl (C=O) groups is 3. The lowest BCUT2D eigenvalue weighted by molar-refractivity contribution is -0.121. The van der Waals surface area contributed by atoms with Crippen LogP contribution >= 0.6 is 11.8 Å². The number of benzene rings is 2. The van der Waals surface area contributed by atoms with Crippen LogP contribution in [0.15, 0.2) is 48.5 Å². The van der Waals surface area contributed by atoms with Crippen molar-refractivity contribution in [1.29, 1.82) is 0 Å². The molecule has 0 spiro atoms. The number of amides is 3. The van der Waals surface area contributed by atoms with Crippen LogP contribution < -0.4 is 9.80 Å². The Balaban J connectivity index is 1.98. The maximum absolute atomic E-state index is 12.9. The van der Waals surface area contributed by atoms with Gasteiger partial charge >= 0.3 is 0 Å². The summed E-state index contributed by atoms with van der Waals surface area (Å²) in [4.78, 5) is 40.2. The van der Waals surface area contributed by atoms with E-state index >= 15 is 0 Å². The largest absolute Gasteiger partial charge is 0.295 e. The summed E-state index contributed by atoms with van der Waals surface area (Å²) in [5, 5.41) is -1.27. The third-order valence-electron chi connectivity index (χ3n) is 4.07. The fourth-order valence-corrected chi connectivity index (χ4v) is 3.85. The highest BCUT2D eigenvalue weighted by molar-refractivity contribution is 8.16. The minimum atomic E-state index is -0.896. The molecule has 3 rings (SSSR count). The summed E-state index contributed by atoms with van der Waals surface area (Å²) in [5.41, 5.74) is 3.06. The molecule has 1 saturated heterocycles. The van der Waals surface area contributed by atoms with Gasteiger partial charge in [-0.2, -0.15) is 0 Å². The summed E-state index contributed by atoms with van der Waals surface area (Å²) in [6.45, 7) is 5.21. The van der Waals surface area contributed by atoms with Gasteiger partial charge in [-0.05, 0) is 49.4 Å². The number of aryl methyl sites for hydroxylation is 2. The summed E-state index contributed by atoms with van der Waals surface area (Å²) >= 11 is 0.863. The van der Waals surface area contributed by atoms with Gasteiger partial charge in [0.15, 0.2) is 5.37 Å². The second kappa shape index (κ2) is 6.72. The van der Waals surface area contributed by atoms with Crippen LogP contribution in [0.2, 0.25) is 0 Å². The minimum absolute atomic E-state index is 0.279. The molecule has 0 aliphatic carbocycles. The van der Waals surface area contributed by atoms with Crippen molar-refractivity contribution in [2.24, 2.45) is 0 Å². The number of carbonyl (C=O) groups excluding carboxylic acids is 3. The van der Waals surface area contributed by atoms with E-state index in [2.05, 4.69) is 0 Å². The Labute approximate surface area is 150 Å². The minimum Gasteiger partial charge on any atom is -0.290 e. The van der Waals surface area contributed by atoms with E-state index in [-0.39, 0.29) is 11.1 Å². The zero-order chi connectivity index (χ0) is 18.1. The van der Waals surface area contributed by atoms with Crippen LogP contribution in [0, 0.1) is 13.8 Å². The average molecular weight is 354 g/mol. The number of para-hydroxylation sites is 1. The first-order valence-corrected chi connectivity index (χ1v) is 8.75. The van der Waals surface area contributed by atoms with Crippen LogP contribution in [-0.4, -0.2) is 22.4 Å². The van der Waals surface area contributed by atoms with Gasteiger partial charge in [0.1, 0.15) is 0 Å². The molecule has 0 unspecified atom stereocenters. The van der Waals surface area contributed by atoms with Gasteiger partial charge in [0.05, 0.1) is 5.69 Å². The first-order valence-electron chi connectivity index (χ1n) is 7.87. The van der Waals surface area contributed by atoms with Crippen molar-refractivity contribution in [2.45, 2.75) is 26.1 Å². The van der Waals surface area contributed by atoms with Crippen LogP contribution in [0.25, 0.3) is 0 Å². The maximum atomic E-state index is 12.9. The van der Waals surface area contributed by atoms with Gasteiger partial charge in [0.25, 0.3) is 11.1 Å². The van der Waals surface area contributed by atoms with Crippen LogP contribution in [0.5, 0.6) is 0 Å². The molecule has 0 saturated carbocycles. The Hall–Kier alpha value is -2.60. The monoisotopic (exact) mass is 354 g/mol. The second-order valence-corrected chi connectivity index (χ2v) is 6.95. The Kier molecular flexibility index (Phi) is 4.63. The van der Waals surface area contributed by atoms with E-state index in [0.29, 0.717) is 11.4 Å². The third-order valence-corrected chi connectivity index (χ3v) is 5.09. The van der Waals surface area contributed by atoms with Crippen molar-refractivity contribution in [3.63, 3.8) is 0 Å². The van der Waals surface area contributed by atoms with Gasteiger partial charge in [-0.25, -0.2) is 4.90 Å². The molecule has 0 N–H and O–H groups in total. The van der Waals surface area contributed by atoms with E-state index < -0.39 is 11.3 Å². The Morgan fingerprint density at radius 3 is 2.28 bits per heavy atom. The molecule has 0 bridgehead atoms. The van der Waals surface area contributed by atoms with E-state index in [9.17, 15) is 14.4 Å². The highest BCUT2D eigenvalue weighted by atomic mass is 32.2. The summed E-state index contributed by atoms with van der Waals surface area (Å²) < 4.78 is 0. The summed E-state index contributed by atoms with van der Waals surface area (Å²) in [7, 11) is 0. The van der Waals surface area contributed by atoms with E-state index in [0.717, 1.165) is 27.8 Å². The van der Waals surface area contributed by atoms with E-state index in [1.165, 1.54) is 11.8 Å². The highest BCUT2D eigenvalue weighted by Gasteiger charge is 2.45. The molecule has 25 heavy (non-hydrogen) atoms. The van der Waals surface area contributed by atoms with Crippen LogP contribution in [0.3, 0.4) is 0 Å². The van der Waals surface area contributed by atoms with E-state index in [1.807, 2.05) is 44.2 Å². The molecular weight excluding hydrogens is 336 g/mol. The quantitative estimate of drug-likeness (QED) is 0.839. The predicted octanol–water partition coefficient (Wildman–Crippen LogP) is 3.88. The number of imide groups is 1. The first-order chi connectivity index (χ1) is 11.9.